The van der Waals surface area contributed by atoms with E-state index in [1.807, 2.05) is 0 Å². The summed E-state index contributed by atoms with van der Waals surface area (Å²) < 4.78 is 25.7. The molecule has 0 aliphatic carbocycles. The van der Waals surface area contributed by atoms with Crippen molar-refractivity contribution in [2.75, 3.05) is 5.32 Å². The van der Waals surface area contributed by atoms with Crippen molar-refractivity contribution in [2.45, 2.75) is 6.92 Å². The molecule has 2 rings (SSSR count). The molecule has 0 spiro atoms. The van der Waals surface area contributed by atoms with Crippen molar-refractivity contribution in [3.8, 4) is 0 Å². The predicted molar refractivity (Wildman–Crippen MR) is 63.3 cm³/mol. The van der Waals surface area contributed by atoms with E-state index in [4.69, 9.17) is 0 Å². The van der Waals surface area contributed by atoms with Gasteiger partial charge in [0, 0.05) is 23.5 Å². The third-order valence-electron chi connectivity index (χ3n) is 2.43. The Hall–Kier alpha value is -2.30. The molecule has 5 heteroatoms. The second-order valence-electron chi connectivity index (χ2n) is 3.78. The number of anilines is 1. The Morgan fingerprint density at radius 1 is 1.22 bits per heavy atom. The maximum Gasteiger partial charge on any atom is 0.255 e. The van der Waals surface area contributed by atoms with Crippen LogP contribution in [-0.2, 0) is 0 Å². The Morgan fingerprint density at radius 3 is 2.67 bits per heavy atom. The van der Waals surface area contributed by atoms with E-state index in [9.17, 15) is 13.6 Å². The van der Waals surface area contributed by atoms with Gasteiger partial charge in [-0.05, 0) is 36.8 Å². The molecule has 92 valence electrons. The molecule has 0 unspecified atom stereocenters. The molecule has 3 nitrogen and oxygen atoms in total. The number of pyridine rings is 1. The number of aryl methyl sites for hydroxylation is 1. The van der Waals surface area contributed by atoms with Gasteiger partial charge >= 0.3 is 0 Å². The molecule has 1 aromatic heterocycles. The summed E-state index contributed by atoms with van der Waals surface area (Å²) in [6.45, 7) is 1.67. The summed E-state index contributed by atoms with van der Waals surface area (Å²) in [6, 6.07) is 6.45. The molecular weight excluding hydrogens is 238 g/mol. The third kappa shape index (κ3) is 2.68. The van der Waals surface area contributed by atoms with E-state index in [1.54, 1.807) is 6.92 Å². The number of halogens is 2. The van der Waals surface area contributed by atoms with E-state index in [2.05, 4.69) is 10.3 Å². The highest BCUT2D eigenvalue weighted by atomic mass is 19.1. The van der Waals surface area contributed by atoms with Crippen molar-refractivity contribution in [1.82, 2.24) is 4.98 Å². The lowest BCUT2D eigenvalue weighted by molar-refractivity contribution is 0.102. The number of rotatable bonds is 2. The van der Waals surface area contributed by atoms with Crippen LogP contribution in [0.25, 0.3) is 0 Å². The van der Waals surface area contributed by atoms with E-state index in [0.717, 1.165) is 6.07 Å². The molecular formula is C13H10F2N2O. The molecule has 1 N–H and O–H groups in total. The molecule has 1 heterocycles. The summed E-state index contributed by atoms with van der Waals surface area (Å²) in [7, 11) is 0. The van der Waals surface area contributed by atoms with E-state index in [0.29, 0.717) is 11.3 Å². The van der Waals surface area contributed by atoms with Crippen LogP contribution >= 0.6 is 0 Å². The number of carbonyl (C=O) groups is 1. The second kappa shape index (κ2) is 4.91. The Bertz CT molecular complexity index is 599. The summed E-state index contributed by atoms with van der Waals surface area (Å²) >= 11 is 0. The van der Waals surface area contributed by atoms with Crippen LogP contribution in [0.1, 0.15) is 15.9 Å². The zero-order valence-electron chi connectivity index (χ0n) is 9.58. The van der Waals surface area contributed by atoms with Gasteiger partial charge in [-0.2, -0.15) is 4.39 Å². The summed E-state index contributed by atoms with van der Waals surface area (Å²) in [5.74, 6) is -1.56. The number of hydrogen-bond donors (Lipinski definition) is 1. The highest BCUT2D eigenvalue weighted by molar-refractivity contribution is 6.04. The summed E-state index contributed by atoms with van der Waals surface area (Å²) in [6.07, 6.45) is 1.21. The largest absolute Gasteiger partial charge is 0.322 e. The van der Waals surface area contributed by atoms with E-state index in [-0.39, 0.29) is 11.4 Å². The van der Waals surface area contributed by atoms with Crippen LogP contribution in [0, 0.1) is 18.7 Å². The minimum atomic E-state index is -0.724. The lowest BCUT2D eigenvalue weighted by Gasteiger charge is -2.08. The number of carbonyl (C=O) groups excluding carboxylic acids is 1. The van der Waals surface area contributed by atoms with E-state index < -0.39 is 11.9 Å². The maximum absolute atomic E-state index is 12.9. The van der Waals surface area contributed by atoms with Gasteiger partial charge in [-0.1, -0.05) is 0 Å². The van der Waals surface area contributed by atoms with Crippen LogP contribution in [0.4, 0.5) is 14.5 Å². The average Bonchev–Trinajstić information content (AvgIpc) is 2.32. The normalized spacial score (nSPS) is 10.2. The number of benzene rings is 1. The van der Waals surface area contributed by atoms with Crippen LogP contribution in [0.2, 0.25) is 0 Å². The first kappa shape index (κ1) is 12.2. The molecule has 18 heavy (non-hydrogen) atoms. The quantitative estimate of drug-likeness (QED) is 0.830. The number of nitrogens with one attached hydrogen (secondary N) is 1. The molecule has 1 amide bonds. The predicted octanol–water partition coefficient (Wildman–Crippen LogP) is 2.92. The lowest BCUT2D eigenvalue weighted by Crippen LogP contribution is -2.13. The van der Waals surface area contributed by atoms with Crippen molar-refractivity contribution in [2.24, 2.45) is 0 Å². The standard InChI is InChI=1S/C13H10F2N2O/c1-8-6-10(14)2-3-11(8)17-13(18)9-4-5-16-12(15)7-9/h2-7H,1H3,(H,17,18). The van der Waals surface area contributed by atoms with Gasteiger partial charge in [-0.3, -0.25) is 4.79 Å². The zero-order valence-corrected chi connectivity index (χ0v) is 9.58. The van der Waals surface area contributed by atoms with Crippen molar-refractivity contribution in [3.05, 3.63) is 59.4 Å². The number of aromatic nitrogens is 1. The van der Waals surface area contributed by atoms with Gasteiger partial charge in [0.15, 0.2) is 0 Å². The Morgan fingerprint density at radius 2 is 2.00 bits per heavy atom. The van der Waals surface area contributed by atoms with Gasteiger partial charge < -0.3 is 5.32 Å². The van der Waals surface area contributed by atoms with Crippen LogP contribution in [-0.4, -0.2) is 10.9 Å². The fourth-order valence-corrected chi connectivity index (χ4v) is 1.51. The molecule has 0 aliphatic rings. The lowest BCUT2D eigenvalue weighted by atomic mass is 10.2. The minimum Gasteiger partial charge on any atom is -0.322 e. The monoisotopic (exact) mass is 248 g/mol. The SMILES string of the molecule is Cc1cc(F)ccc1NC(=O)c1ccnc(F)c1. The molecule has 0 atom stereocenters. The fraction of sp³-hybridized carbons (Fsp3) is 0.0769. The van der Waals surface area contributed by atoms with Gasteiger partial charge in [0.25, 0.3) is 5.91 Å². The Labute approximate surface area is 102 Å². The van der Waals surface area contributed by atoms with Crippen LogP contribution in [0.5, 0.6) is 0 Å². The van der Waals surface area contributed by atoms with Gasteiger partial charge in [0.2, 0.25) is 5.95 Å². The van der Waals surface area contributed by atoms with E-state index >= 15 is 0 Å². The van der Waals surface area contributed by atoms with Crippen molar-refractivity contribution < 1.29 is 13.6 Å². The number of amides is 1. The van der Waals surface area contributed by atoms with Gasteiger partial charge in [0.05, 0.1) is 0 Å². The summed E-state index contributed by atoms with van der Waals surface area (Å²) in [4.78, 5) is 15.2. The highest BCUT2D eigenvalue weighted by Crippen LogP contribution is 2.16. The van der Waals surface area contributed by atoms with Crippen molar-refractivity contribution >= 4 is 11.6 Å². The van der Waals surface area contributed by atoms with Crippen LogP contribution < -0.4 is 5.32 Å². The first-order chi connectivity index (χ1) is 8.56. The molecule has 0 bridgehead atoms. The Kier molecular flexibility index (Phi) is 3.32. The molecule has 0 saturated carbocycles. The first-order valence-corrected chi connectivity index (χ1v) is 5.25. The first-order valence-electron chi connectivity index (χ1n) is 5.25. The van der Waals surface area contributed by atoms with E-state index in [1.165, 1.54) is 30.5 Å². The third-order valence-corrected chi connectivity index (χ3v) is 2.43. The molecule has 0 saturated heterocycles. The molecule has 2 aromatic rings. The second-order valence-corrected chi connectivity index (χ2v) is 3.78. The fourth-order valence-electron chi connectivity index (χ4n) is 1.51. The molecule has 0 aliphatic heterocycles. The number of nitrogens with zero attached hydrogens (tertiary/aromatic N) is 1. The topological polar surface area (TPSA) is 42.0 Å². The van der Waals surface area contributed by atoms with Gasteiger partial charge in [-0.15, -0.1) is 0 Å². The molecule has 0 radical (unpaired) electrons. The molecule has 1 aromatic carbocycles. The minimum absolute atomic E-state index is 0.159. The maximum atomic E-state index is 12.9. The van der Waals surface area contributed by atoms with Crippen LogP contribution in [0.15, 0.2) is 36.5 Å². The smallest absolute Gasteiger partial charge is 0.255 e. The van der Waals surface area contributed by atoms with Gasteiger partial charge in [-0.25, -0.2) is 9.37 Å². The Balaban J connectivity index is 2.21. The summed E-state index contributed by atoms with van der Waals surface area (Å²) in [5, 5.41) is 2.58. The average molecular weight is 248 g/mol. The highest BCUT2D eigenvalue weighted by Gasteiger charge is 2.09. The molecule has 0 fully saturated rings. The summed E-state index contributed by atoms with van der Waals surface area (Å²) in [5.41, 5.74) is 1.24. The number of hydrogen-bond acceptors (Lipinski definition) is 2. The van der Waals surface area contributed by atoms with Crippen molar-refractivity contribution in [3.63, 3.8) is 0 Å². The van der Waals surface area contributed by atoms with Gasteiger partial charge in [0.1, 0.15) is 5.82 Å². The van der Waals surface area contributed by atoms with Crippen molar-refractivity contribution in [1.29, 1.82) is 0 Å². The van der Waals surface area contributed by atoms with Crippen LogP contribution in [0.3, 0.4) is 0 Å². The zero-order chi connectivity index (χ0) is 13.1.